The van der Waals surface area contributed by atoms with Crippen LogP contribution in [-0.4, -0.2) is 30.7 Å². The Morgan fingerprint density at radius 1 is 1.57 bits per heavy atom. The molecular weight excluding hydrogens is 219 g/mol. The second-order valence-corrected chi connectivity index (χ2v) is 2.50. The van der Waals surface area contributed by atoms with E-state index in [4.69, 9.17) is 5.11 Å². The zero-order valence-corrected chi connectivity index (χ0v) is 10.6. The molecule has 0 amide bonds. The Labute approximate surface area is 98.5 Å². The molecule has 4 nitrogen and oxygen atoms in total. The fourth-order valence-electron chi connectivity index (χ4n) is 0.992. The molecule has 0 saturated carbocycles. The van der Waals surface area contributed by atoms with Gasteiger partial charge in [0.15, 0.2) is 0 Å². The fraction of sp³-hybridized carbons (Fsp3) is 0.889. The van der Waals surface area contributed by atoms with Crippen LogP contribution in [0.4, 0.5) is 0 Å². The monoisotopic (exact) mass is 240 g/mol. The van der Waals surface area contributed by atoms with Crippen molar-refractivity contribution in [2.75, 3.05) is 13.3 Å². The number of aliphatic hydroxyl groups excluding tert-OH is 1. The molecule has 1 aliphatic heterocycles. The predicted octanol–water partition coefficient (Wildman–Crippen LogP) is 0.0127. The van der Waals surface area contributed by atoms with Gasteiger partial charge >= 0.3 is 0 Å². The minimum Gasteiger partial charge on any atom is -0.540 e. The van der Waals surface area contributed by atoms with Gasteiger partial charge in [0.1, 0.15) is 0 Å². The quantitative estimate of drug-likeness (QED) is 0.446. The van der Waals surface area contributed by atoms with Crippen molar-refractivity contribution >= 4 is 6.29 Å². The Balaban J connectivity index is -0.000000176. The summed E-state index contributed by atoms with van der Waals surface area (Å²) in [4.78, 5) is 10.0. The van der Waals surface area contributed by atoms with Crippen molar-refractivity contribution in [1.29, 1.82) is 0 Å². The Morgan fingerprint density at radius 2 is 2.00 bits per heavy atom. The molecule has 0 bridgehead atoms. The summed E-state index contributed by atoms with van der Waals surface area (Å²) in [6.45, 7) is 6.79. The van der Waals surface area contributed by atoms with E-state index >= 15 is 0 Å². The van der Waals surface area contributed by atoms with Gasteiger partial charge in [0.2, 0.25) is 0 Å². The van der Waals surface area contributed by atoms with E-state index in [2.05, 4.69) is 18.0 Å². The molecule has 1 fully saturated rings. The third-order valence-corrected chi connectivity index (χ3v) is 1.66. The molecule has 0 aromatic rings. The van der Waals surface area contributed by atoms with E-state index in [0.29, 0.717) is 5.92 Å². The van der Waals surface area contributed by atoms with Gasteiger partial charge in [-0.1, -0.05) is 32.7 Å². The van der Waals surface area contributed by atoms with Crippen LogP contribution in [0.25, 0.3) is 0 Å². The fourth-order valence-corrected chi connectivity index (χ4v) is 0.992. The molecule has 1 rings (SSSR count). The number of nitrogens with one attached hydrogen (secondary N) is 1. The predicted molar refractivity (Wildman–Crippen MR) is 53.9 cm³/mol. The zero-order valence-electron chi connectivity index (χ0n) is 9.16. The van der Waals surface area contributed by atoms with E-state index in [1.807, 2.05) is 20.1 Å². The van der Waals surface area contributed by atoms with Gasteiger partial charge in [-0.15, -0.1) is 0 Å². The van der Waals surface area contributed by atoms with Gasteiger partial charge in [0.05, 0.1) is 6.73 Å². The van der Waals surface area contributed by atoms with E-state index < -0.39 is 0 Å². The Morgan fingerprint density at radius 3 is 2.14 bits per heavy atom. The summed E-state index contributed by atoms with van der Waals surface area (Å²) in [5.41, 5.74) is 4.40. The van der Waals surface area contributed by atoms with E-state index in [-0.39, 0.29) is 31.3 Å². The maximum absolute atomic E-state index is 10.0. The first kappa shape index (κ1) is 19.7. The number of hydrogen-bond acceptors (Lipinski definition) is 4. The Hall–Kier alpha value is 0.134. The van der Waals surface area contributed by atoms with E-state index in [0.717, 1.165) is 13.0 Å². The number of hydrogen-bond donors (Lipinski definition) is 3. The van der Waals surface area contributed by atoms with Crippen LogP contribution in [0.2, 0.25) is 0 Å². The third-order valence-electron chi connectivity index (χ3n) is 1.66. The second kappa shape index (κ2) is 15.6. The van der Waals surface area contributed by atoms with Gasteiger partial charge in [-0.3, -0.25) is 0 Å². The molecule has 0 aromatic carbocycles. The van der Waals surface area contributed by atoms with E-state index in [1.54, 1.807) is 0 Å². The summed E-state index contributed by atoms with van der Waals surface area (Å²) < 4.78 is 0. The SMILES string of the molecule is CC.CC1CCN[C@@H]1[C-]=O.NCO.[V]. The molecular formula is C9H21N2O2V-. The third kappa shape index (κ3) is 10.2. The average molecular weight is 240 g/mol. The molecule has 1 radical (unpaired) electrons. The molecule has 14 heavy (non-hydrogen) atoms. The number of carbonyl (C=O) groups excluding carboxylic acids is 1. The first-order chi connectivity index (χ1) is 6.26. The molecule has 1 aliphatic rings. The minimum atomic E-state index is -0.250. The van der Waals surface area contributed by atoms with Crippen LogP contribution in [0.15, 0.2) is 0 Å². The van der Waals surface area contributed by atoms with Gasteiger partial charge in [-0.2, -0.15) is 0 Å². The summed E-state index contributed by atoms with van der Waals surface area (Å²) in [5, 5.41) is 10.4. The van der Waals surface area contributed by atoms with Crippen molar-refractivity contribution in [1.82, 2.24) is 5.32 Å². The van der Waals surface area contributed by atoms with Gasteiger partial charge < -0.3 is 21.0 Å². The summed E-state index contributed by atoms with van der Waals surface area (Å²) in [7, 11) is 0. The standard InChI is InChI=1S/C6H10NO.C2H6.CH5NO.V/c1-5-2-3-7-6(5)4-8;1-2;2-1-3;/h5-7H,2-3H2,1H3;1-2H3;3H,1-2H2;/q-1;;;/t5?,6-;;;/m1.../s1. The van der Waals surface area contributed by atoms with Crippen LogP contribution in [0.1, 0.15) is 27.2 Å². The van der Waals surface area contributed by atoms with Crippen LogP contribution in [0.5, 0.6) is 0 Å². The van der Waals surface area contributed by atoms with Crippen LogP contribution >= 0.6 is 0 Å². The largest absolute Gasteiger partial charge is 0.540 e. The van der Waals surface area contributed by atoms with Gasteiger partial charge in [-0.05, 0) is 13.0 Å². The number of nitrogens with two attached hydrogens (primary N) is 1. The van der Waals surface area contributed by atoms with E-state index in [9.17, 15) is 4.79 Å². The first-order valence-electron chi connectivity index (χ1n) is 4.68. The van der Waals surface area contributed by atoms with Crippen molar-refractivity contribution in [2.45, 2.75) is 33.2 Å². The van der Waals surface area contributed by atoms with Crippen molar-refractivity contribution in [2.24, 2.45) is 11.7 Å². The van der Waals surface area contributed by atoms with Gasteiger partial charge in [0.25, 0.3) is 0 Å². The maximum atomic E-state index is 10.0. The molecule has 1 heterocycles. The van der Waals surface area contributed by atoms with Crippen LogP contribution < -0.4 is 11.1 Å². The van der Waals surface area contributed by atoms with Gasteiger partial charge in [-0.25, -0.2) is 6.29 Å². The van der Waals surface area contributed by atoms with Crippen molar-refractivity contribution in [3.8, 4) is 0 Å². The molecule has 0 spiro atoms. The molecule has 2 atom stereocenters. The van der Waals surface area contributed by atoms with Crippen LogP contribution in [0, 0.1) is 5.92 Å². The van der Waals surface area contributed by atoms with Crippen LogP contribution in [0.3, 0.4) is 0 Å². The summed E-state index contributed by atoms with van der Waals surface area (Å²) in [6.07, 6.45) is 3.06. The molecule has 0 aliphatic carbocycles. The molecule has 1 unspecified atom stereocenters. The van der Waals surface area contributed by atoms with Crippen molar-refractivity contribution in [3.05, 3.63) is 0 Å². The summed E-state index contributed by atoms with van der Waals surface area (Å²) in [6, 6.07) is 0.00926. The van der Waals surface area contributed by atoms with Crippen molar-refractivity contribution in [3.63, 3.8) is 0 Å². The smallest absolute Gasteiger partial charge is 0.0906 e. The second-order valence-electron chi connectivity index (χ2n) is 2.50. The molecule has 4 N–H and O–H groups in total. The first-order valence-corrected chi connectivity index (χ1v) is 4.68. The minimum absolute atomic E-state index is 0. The normalized spacial score (nSPS) is 23.2. The summed E-state index contributed by atoms with van der Waals surface area (Å²) >= 11 is 0. The topological polar surface area (TPSA) is 75.4 Å². The van der Waals surface area contributed by atoms with Crippen molar-refractivity contribution < 1.29 is 28.5 Å². The Kier molecular flexibility index (Phi) is 21.9. The van der Waals surface area contributed by atoms with Crippen LogP contribution in [-0.2, 0) is 23.4 Å². The molecule has 85 valence electrons. The Bertz CT molecular complexity index is 115. The molecule has 5 heteroatoms. The summed E-state index contributed by atoms with van der Waals surface area (Å²) in [5.74, 6) is 0.493. The van der Waals surface area contributed by atoms with E-state index in [1.165, 1.54) is 0 Å². The molecule has 0 aromatic heterocycles. The number of rotatable bonds is 1. The average Bonchev–Trinajstić information content (AvgIpc) is 2.56. The maximum Gasteiger partial charge on any atom is 0.0906 e. The number of aliphatic hydroxyl groups is 1. The molecule has 1 saturated heterocycles. The van der Waals surface area contributed by atoms with Gasteiger partial charge in [0, 0.05) is 18.6 Å². The zero-order chi connectivity index (χ0) is 10.7.